The molecule has 1 heterocycles. The highest BCUT2D eigenvalue weighted by Gasteiger charge is 2.33. The monoisotopic (exact) mass is 331 g/mol. The van der Waals surface area contributed by atoms with Crippen molar-refractivity contribution < 1.29 is 32.2 Å². The van der Waals surface area contributed by atoms with E-state index in [2.05, 4.69) is 4.98 Å². The van der Waals surface area contributed by atoms with Gasteiger partial charge in [-0.1, -0.05) is 0 Å². The Kier molecular flexibility index (Phi) is 6.29. The van der Waals surface area contributed by atoms with Gasteiger partial charge in [-0.2, -0.15) is 13.2 Å². The molecule has 0 bridgehead atoms. The first-order valence-electron chi connectivity index (χ1n) is 6.80. The van der Waals surface area contributed by atoms with Gasteiger partial charge in [0.25, 0.3) is 0 Å². The molecule has 0 amide bonds. The summed E-state index contributed by atoms with van der Waals surface area (Å²) >= 11 is 0. The predicted octanol–water partition coefficient (Wildman–Crippen LogP) is 2.92. The minimum atomic E-state index is -4.63. The number of halogens is 3. The van der Waals surface area contributed by atoms with Gasteiger partial charge in [0.05, 0.1) is 13.2 Å². The molecule has 8 heteroatoms. The van der Waals surface area contributed by atoms with Crippen LogP contribution in [0.25, 0.3) is 6.08 Å². The van der Waals surface area contributed by atoms with Crippen molar-refractivity contribution >= 4 is 18.0 Å². The van der Waals surface area contributed by atoms with Crippen LogP contribution >= 0.6 is 0 Å². The third kappa shape index (κ3) is 5.08. The first-order chi connectivity index (χ1) is 10.7. The largest absolute Gasteiger partial charge is 0.462 e. The first kappa shape index (κ1) is 18.7. The maximum atomic E-state index is 12.7. The average Bonchev–Trinajstić information content (AvgIpc) is 2.45. The number of hydrogen-bond donors (Lipinski definition) is 0. The van der Waals surface area contributed by atoms with Gasteiger partial charge in [-0.05, 0) is 44.0 Å². The van der Waals surface area contributed by atoms with Crippen molar-refractivity contribution in [2.75, 3.05) is 13.2 Å². The van der Waals surface area contributed by atoms with E-state index in [4.69, 9.17) is 9.47 Å². The van der Waals surface area contributed by atoms with E-state index >= 15 is 0 Å². The van der Waals surface area contributed by atoms with Crippen LogP contribution in [0.15, 0.2) is 17.8 Å². The van der Waals surface area contributed by atoms with Crippen LogP contribution in [0.4, 0.5) is 13.2 Å². The third-order valence-electron chi connectivity index (χ3n) is 2.73. The Balaban J connectivity index is 3.35. The first-order valence-corrected chi connectivity index (χ1v) is 6.80. The number of aryl methyl sites for hydroxylation is 1. The van der Waals surface area contributed by atoms with Crippen molar-refractivity contribution in [2.24, 2.45) is 0 Å². The predicted molar refractivity (Wildman–Crippen MR) is 75.2 cm³/mol. The number of ether oxygens (including phenoxy) is 2. The van der Waals surface area contributed by atoms with Gasteiger partial charge in [0.2, 0.25) is 0 Å². The van der Waals surface area contributed by atoms with Crippen molar-refractivity contribution in [3.8, 4) is 0 Å². The van der Waals surface area contributed by atoms with E-state index in [1.165, 1.54) is 6.92 Å². The van der Waals surface area contributed by atoms with E-state index < -0.39 is 29.4 Å². The Morgan fingerprint density at radius 1 is 1.17 bits per heavy atom. The van der Waals surface area contributed by atoms with Gasteiger partial charge in [-0.3, -0.25) is 4.98 Å². The zero-order valence-corrected chi connectivity index (χ0v) is 12.9. The number of carbonyl (C=O) groups is 2. The smallest absolute Gasteiger partial charge is 0.433 e. The topological polar surface area (TPSA) is 65.5 Å². The number of carbonyl (C=O) groups excluding carboxylic acids is 2. The van der Waals surface area contributed by atoms with Gasteiger partial charge < -0.3 is 9.47 Å². The Bertz CT molecular complexity index is 604. The van der Waals surface area contributed by atoms with E-state index in [9.17, 15) is 22.8 Å². The molecule has 0 aromatic carbocycles. The Morgan fingerprint density at radius 3 is 2.13 bits per heavy atom. The number of esters is 2. The molecule has 0 unspecified atom stereocenters. The van der Waals surface area contributed by atoms with Gasteiger partial charge in [0.15, 0.2) is 0 Å². The molecule has 0 aliphatic rings. The van der Waals surface area contributed by atoms with Crippen LogP contribution < -0.4 is 0 Å². The molecule has 1 rings (SSSR count). The lowest BCUT2D eigenvalue weighted by atomic mass is 10.1. The highest BCUT2D eigenvalue weighted by Crippen LogP contribution is 2.29. The minimum absolute atomic E-state index is 0.0126. The third-order valence-corrected chi connectivity index (χ3v) is 2.73. The van der Waals surface area contributed by atoms with E-state index in [0.717, 1.165) is 18.3 Å². The molecular formula is C15H16F3NO4. The van der Waals surface area contributed by atoms with Crippen molar-refractivity contribution in [3.05, 3.63) is 34.7 Å². The lowest BCUT2D eigenvalue weighted by molar-refractivity contribution is -0.146. The zero-order chi connectivity index (χ0) is 17.6. The van der Waals surface area contributed by atoms with Gasteiger partial charge >= 0.3 is 18.1 Å². The molecule has 126 valence electrons. The van der Waals surface area contributed by atoms with Crippen LogP contribution in [0.3, 0.4) is 0 Å². The molecule has 1 aromatic rings. The highest BCUT2D eigenvalue weighted by atomic mass is 19.4. The quantitative estimate of drug-likeness (QED) is 0.359. The molecule has 0 atom stereocenters. The fourth-order valence-corrected chi connectivity index (χ4v) is 1.62. The minimum Gasteiger partial charge on any atom is -0.462 e. The van der Waals surface area contributed by atoms with Crippen molar-refractivity contribution in [2.45, 2.75) is 26.9 Å². The van der Waals surface area contributed by atoms with Gasteiger partial charge in [-0.25, -0.2) is 9.59 Å². The lowest BCUT2D eigenvalue weighted by Crippen LogP contribution is -2.18. The van der Waals surface area contributed by atoms with Gasteiger partial charge in [-0.15, -0.1) is 0 Å². The van der Waals surface area contributed by atoms with E-state index in [1.807, 2.05) is 0 Å². The molecule has 0 radical (unpaired) electrons. The fraction of sp³-hybridized carbons (Fsp3) is 0.400. The molecule has 0 fully saturated rings. The fourth-order valence-electron chi connectivity index (χ4n) is 1.62. The number of pyridine rings is 1. The Hall–Kier alpha value is -2.38. The summed E-state index contributed by atoms with van der Waals surface area (Å²) in [7, 11) is 0. The van der Waals surface area contributed by atoms with Crippen molar-refractivity contribution in [3.63, 3.8) is 0 Å². The van der Waals surface area contributed by atoms with Gasteiger partial charge in [0, 0.05) is 6.20 Å². The summed E-state index contributed by atoms with van der Waals surface area (Å²) in [5.74, 6) is -1.92. The SMILES string of the molecule is CCOC(=O)C(=Cc1cc(C(F)(F)F)ncc1C)C(=O)OCC. The molecule has 0 saturated carbocycles. The van der Waals surface area contributed by atoms with Crippen LogP contribution in [0.2, 0.25) is 0 Å². The molecular weight excluding hydrogens is 315 g/mol. The summed E-state index contributed by atoms with van der Waals surface area (Å²) in [6.45, 7) is 4.62. The average molecular weight is 331 g/mol. The summed E-state index contributed by atoms with van der Waals surface area (Å²) in [6, 6.07) is 0.758. The number of nitrogens with zero attached hydrogens (tertiary/aromatic N) is 1. The molecule has 0 N–H and O–H groups in total. The number of aromatic nitrogens is 1. The summed E-state index contributed by atoms with van der Waals surface area (Å²) in [5.41, 5.74) is -1.20. The maximum absolute atomic E-state index is 12.7. The molecule has 5 nitrogen and oxygen atoms in total. The number of rotatable bonds is 5. The standard InChI is InChI=1S/C15H16F3NO4/c1-4-22-13(20)11(14(21)23-5-2)6-10-7-12(15(16,17)18)19-8-9(10)3/h6-8H,4-5H2,1-3H3. The molecule has 0 aliphatic heterocycles. The highest BCUT2D eigenvalue weighted by molar-refractivity contribution is 6.17. The second-order valence-electron chi connectivity index (χ2n) is 4.42. The number of hydrogen-bond acceptors (Lipinski definition) is 5. The summed E-state index contributed by atoms with van der Waals surface area (Å²) in [4.78, 5) is 26.9. The van der Waals surface area contributed by atoms with Crippen molar-refractivity contribution in [1.29, 1.82) is 0 Å². The van der Waals surface area contributed by atoms with Crippen LogP contribution in [-0.4, -0.2) is 30.1 Å². The van der Waals surface area contributed by atoms with Crippen LogP contribution in [0.5, 0.6) is 0 Å². The second kappa shape index (κ2) is 7.75. The summed E-state index contributed by atoms with van der Waals surface area (Å²) < 4.78 is 47.7. The van der Waals surface area contributed by atoms with Crippen LogP contribution in [-0.2, 0) is 25.2 Å². The zero-order valence-electron chi connectivity index (χ0n) is 12.9. The molecule has 1 aromatic heterocycles. The van der Waals surface area contributed by atoms with E-state index in [0.29, 0.717) is 5.56 Å². The Morgan fingerprint density at radius 2 is 1.70 bits per heavy atom. The molecule has 23 heavy (non-hydrogen) atoms. The second-order valence-corrected chi connectivity index (χ2v) is 4.42. The Labute approximate surface area is 131 Å². The summed E-state index contributed by atoms with van der Waals surface area (Å²) in [6.07, 6.45) is -2.60. The summed E-state index contributed by atoms with van der Waals surface area (Å²) in [5, 5.41) is 0. The molecule has 0 spiro atoms. The van der Waals surface area contributed by atoms with Crippen LogP contribution in [0.1, 0.15) is 30.7 Å². The maximum Gasteiger partial charge on any atom is 0.433 e. The normalized spacial score (nSPS) is 10.9. The molecule has 0 saturated heterocycles. The number of alkyl halides is 3. The molecule has 0 aliphatic carbocycles. The lowest BCUT2D eigenvalue weighted by Gasteiger charge is -2.10. The van der Waals surface area contributed by atoms with Crippen molar-refractivity contribution in [1.82, 2.24) is 4.98 Å². The van der Waals surface area contributed by atoms with E-state index in [1.54, 1.807) is 13.8 Å². The van der Waals surface area contributed by atoms with Gasteiger partial charge in [0.1, 0.15) is 11.3 Å². The van der Waals surface area contributed by atoms with Crippen LogP contribution in [0, 0.1) is 6.92 Å². The van der Waals surface area contributed by atoms with E-state index in [-0.39, 0.29) is 18.8 Å².